The van der Waals surface area contributed by atoms with Gasteiger partial charge in [0.2, 0.25) is 0 Å². The number of halogens is 1. The minimum absolute atomic E-state index is 0.569. The van der Waals surface area contributed by atoms with Crippen molar-refractivity contribution < 1.29 is 9.30 Å². The van der Waals surface area contributed by atoms with Crippen LogP contribution in [0.4, 0.5) is 0 Å². The van der Waals surface area contributed by atoms with Crippen LogP contribution in [0.5, 0.6) is 0 Å². The predicted molar refractivity (Wildman–Crippen MR) is 48.2 cm³/mol. The van der Waals surface area contributed by atoms with Gasteiger partial charge in [0, 0.05) is 18.0 Å². The first kappa shape index (κ1) is 9.49. The topological polar surface area (TPSA) is 13.1 Å². The Kier molecular flexibility index (Phi) is 4.73. The standard InChI is InChI=1S/C9H13ClNO/c10-4-8-12-9-7-11-5-2-1-3-6-11/h1-3,5-6H,4,7-9H2/q+1. The molecular formula is C9H13ClNO+. The molecule has 0 radical (unpaired) electrons. The number of aromatic nitrogens is 1. The molecule has 0 fully saturated rings. The highest BCUT2D eigenvalue weighted by atomic mass is 35.5. The Labute approximate surface area is 77.7 Å². The van der Waals surface area contributed by atoms with Gasteiger partial charge in [-0.3, -0.25) is 0 Å². The molecule has 0 N–H and O–H groups in total. The van der Waals surface area contributed by atoms with Crippen LogP contribution in [0.2, 0.25) is 0 Å². The quantitative estimate of drug-likeness (QED) is 0.383. The minimum atomic E-state index is 0.569. The Balaban J connectivity index is 2.16. The second-order valence-electron chi connectivity index (χ2n) is 2.41. The smallest absolute Gasteiger partial charge is 0.171 e. The zero-order valence-electron chi connectivity index (χ0n) is 6.95. The lowest BCUT2D eigenvalue weighted by atomic mass is 10.5. The summed E-state index contributed by atoms with van der Waals surface area (Å²) in [5.74, 6) is 0.569. The second-order valence-corrected chi connectivity index (χ2v) is 2.79. The molecule has 12 heavy (non-hydrogen) atoms. The zero-order chi connectivity index (χ0) is 8.65. The van der Waals surface area contributed by atoms with Crippen molar-refractivity contribution >= 4 is 11.6 Å². The summed E-state index contributed by atoms with van der Waals surface area (Å²) in [6.45, 7) is 2.24. The first-order valence-electron chi connectivity index (χ1n) is 4.01. The average molecular weight is 187 g/mol. The van der Waals surface area contributed by atoms with Crippen LogP contribution >= 0.6 is 11.6 Å². The van der Waals surface area contributed by atoms with E-state index in [-0.39, 0.29) is 0 Å². The molecule has 0 saturated heterocycles. The van der Waals surface area contributed by atoms with E-state index in [1.54, 1.807) is 0 Å². The van der Waals surface area contributed by atoms with Gasteiger partial charge in [0.05, 0.1) is 6.61 Å². The lowest BCUT2D eigenvalue weighted by Gasteiger charge is -1.97. The van der Waals surface area contributed by atoms with Crippen molar-refractivity contribution in [1.82, 2.24) is 0 Å². The molecule has 0 saturated carbocycles. The molecule has 0 aliphatic heterocycles. The molecule has 1 heterocycles. The summed E-state index contributed by atoms with van der Waals surface area (Å²) < 4.78 is 7.31. The van der Waals surface area contributed by atoms with Crippen LogP contribution in [0.1, 0.15) is 0 Å². The highest BCUT2D eigenvalue weighted by molar-refractivity contribution is 6.17. The molecule has 1 aromatic rings. The van der Waals surface area contributed by atoms with Crippen molar-refractivity contribution in [2.24, 2.45) is 0 Å². The first-order chi connectivity index (χ1) is 5.93. The van der Waals surface area contributed by atoms with Gasteiger partial charge in [-0.25, -0.2) is 4.57 Å². The summed E-state index contributed by atoms with van der Waals surface area (Å²) in [7, 11) is 0. The number of alkyl halides is 1. The molecule has 66 valence electrons. The molecule has 1 aromatic heterocycles. The van der Waals surface area contributed by atoms with Crippen LogP contribution in [0.15, 0.2) is 30.6 Å². The summed E-state index contributed by atoms with van der Waals surface area (Å²) in [5, 5.41) is 0. The van der Waals surface area contributed by atoms with Crippen molar-refractivity contribution in [2.75, 3.05) is 19.1 Å². The van der Waals surface area contributed by atoms with Gasteiger partial charge >= 0.3 is 0 Å². The van der Waals surface area contributed by atoms with E-state index >= 15 is 0 Å². The fraction of sp³-hybridized carbons (Fsp3) is 0.444. The third-order valence-electron chi connectivity index (χ3n) is 1.49. The number of ether oxygens (including phenoxy) is 1. The lowest BCUT2D eigenvalue weighted by Crippen LogP contribution is -2.34. The summed E-state index contributed by atoms with van der Waals surface area (Å²) >= 11 is 5.45. The van der Waals surface area contributed by atoms with Crippen LogP contribution < -0.4 is 4.57 Å². The van der Waals surface area contributed by atoms with Crippen LogP contribution in [-0.4, -0.2) is 19.1 Å². The van der Waals surface area contributed by atoms with E-state index in [0.29, 0.717) is 12.5 Å². The van der Waals surface area contributed by atoms with Crippen molar-refractivity contribution in [3.8, 4) is 0 Å². The number of pyridine rings is 1. The molecule has 0 unspecified atom stereocenters. The Hall–Kier alpha value is -0.600. The van der Waals surface area contributed by atoms with Crippen molar-refractivity contribution in [1.29, 1.82) is 0 Å². The van der Waals surface area contributed by atoms with Gasteiger partial charge in [-0.1, -0.05) is 6.07 Å². The predicted octanol–water partition coefficient (Wildman–Crippen LogP) is 1.23. The Bertz CT molecular complexity index is 203. The van der Waals surface area contributed by atoms with E-state index in [4.69, 9.17) is 16.3 Å². The zero-order valence-corrected chi connectivity index (χ0v) is 7.70. The van der Waals surface area contributed by atoms with Gasteiger partial charge in [0.1, 0.15) is 6.61 Å². The van der Waals surface area contributed by atoms with Crippen LogP contribution in [0.25, 0.3) is 0 Å². The Morgan fingerprint density at radius 1 is 1.08 bits per heavy atom. The molecule has 2 nitrogen and oxygen atoms in total. The second kappa shape index (κ2) is 5.98. The molecule has 0 atom stereocenters. The largest absolute Gasteiger partial charge is 0.374 e. The van der Waals surface area contributed by atoms with Crippen LogP contribution in [0, 0.1) is 0 Å². The van der Waals surface area contributed by atoms with E-state index in [9.17, 15) is 0 Å². The summed E-state index contributed by atoms with van der Waals surface area (Å²) in [6.07, 6.45) is 4.04. The average Bonchev–Trinajstić information content (AvgIpc) is 2.14. The van der Waals surface area contributed by atoms with Crippen molar-refractivity contribution in [3.63, 3.8) is 0 Å². The summed E-state index contributed by atoms with van der Waals surface area (Å²) in [6, 6.07) is 6.00. The number of rotatable bonds is 5. The summed E-state index contributed by atoms with van der Waals surface area (Å²) in [4.78, 5) is 0. The summed E-state index contributed by atoms with van der Waals surface area (Å²) in [5.41, 5.74) is 0. The monoisotopic (exact) mass is 186 g/mol. The van der Waals surface area contributed by atoms with Crippen LogP contribution in [0.3, 0.4) is 0 Å². The maximum Gasteiger partial charge on any atom is 0.171 e. The Morgan fingerprint density at radius 3 is 2.50 bits per heavy atom. The van der Waals surface area contributed by atoms with Crippen LogP contribution in [-0.2, 0) is 11.3 Å². The third kappa shape index (κ3) is 3.69. The van der Waals surface area contributed by atoms with Gasteiger partial charge in [-0.15, -0.1) is 11.6 Å². The fourth-order valence-electron chi connectivity index (χ4n) is 0.910. The first-order valence-corrected chi connectivity index (χ1v) is 4.55. The molecule has 0 aliphatic rings. The van der Waals surface area contributed by atoms with Gasteiger partial charge in [-0.2, -0.15) is 0 Å². The normalized spacial score (nSPS) is 10.1. The highest BCUT2D eigenvalue weighted by Crippen LogP contribution is 1.80. The molecule has 0 aromatic carbocycles. The van der Waals surface area contributed by atoms with E-state index < -0.39 is 0 Å². The highest BCUT2D eigenvalue weighted by Gasteiger charge is 1.95. The van der Waals surface area contributed by atoms with Gasteiger partial charge in [-0.05, 0) is 0 Å². The molecule has 0 aliphatic carbocycles. The van der Waals surface area contributed by atoms with Crippen molar-refractivity contribution in [3.05, 3.63) is 30.6 Å². The van der Waals surface area contributed by atoms with E-state index in [1.165, 1.54) is 0 Å². The maximum absolute atomic E-state index is 5.45. The number of nitrogens with zero attached hydrogens (tertiary/aromatic N) is 1. The van der Waals surface area contributed by atoms with Gasteiger partial charge in [0.25, 0.3) is 0 Å². The van der Waals surface area contributed by atoms with Gasteiger partial charge < -0.3 is 4.74 Å². The molecule has 0 spiro atoms. The SMILES string of the molecule is ClCCOCC[n+]1ccccc1. The molecule has 3 heteroatoms. The number of hydrogen-bond donors (Lipinski definition) is 0. The molecule has 0 amide bonds. The molecule has 0 bridgehead atoms. The minimum Gasteiger partial charge on any atom is -0.374 e. The lowest BCUT2D eigenvalue weighted by molar-refractivity contribution is -0.698. The third-order valence-corrected chi connectivity index (χ3v) is 1.65. The van der Waals surface area contributed by atoms with E-state index in [0.717, 1.165) is 13.2 Å². The maximum atomic E-state index is 5.45. The fourth-order valence-corrected chi connectivity index (χ4v) is 1.02. The van der Waals surface area contributed by atoms with Gasteiger partial charge in [0.15, 0.2) is 18.9 Å². The molecule has 1 rings (SSSR count). The number of hydrogen-bond acceptors (Lipinski definition) is 1. The van der Waals surface area contributed by atoms with Crippen molar-refractivity contribution in [2.45, 2.75) is 6.54 Å². The van der Waals surface area contributed by atoms with E-state index in [2.05, 4.69) is 4.57 Å². The molecular weight excluding hydrogens is 174 g/mol. The van der Waals surface area contributed by atoms with E-state index in [1.807, 2.05) is 30.6 Å². The Morgan fingerprint density at radius 2 is 1.83 bits per heavy atom.